The SMILES string of the molecule is COc1ccc2cc(C(C)c3nnc(Nc4ccc(Br)cc4)s3)ccc2c1. The summed E-state index contributed by atoms with van der Waals surface area (Å²) >= 11 is 5.03. The molecule has 27 heavy (non-hydrogen) atoms. The van der Waals surface area contributed by atoms with E-state index in [4.69, 9.17) is 4.74 Å². The number of benzene rings is 3. The van der Waals surface area contributed by atoms with Crippen LogP contribution in [0, 0.1) is 0 Å². The first-order chi connectivity index (χ1) is 13.1. The van der Waals surface area contributed by atoms with E-state index in [0.29, 0.717) is 0 Å². The number of nitrogens with zero attached hydrogens (tertiary/aromatic N) is 2. The van der Waals surface area contributed by atoms with Crippen LogP contribution in [-0.2, 0) is 0 Å². The summed E-state index contributed by atoms with van der Waals surface area (Å²) in [6, 6.07) is 20.6. The molecule has 6 heteroatoms. The molecule has 0 amide bonds. The van der Waals surface area contributed by atoms with Crippen LogP contribution in [0.2, 0.25) is 0 Å². The molecular formula is C21H18BrN3OS. The molecule has 4 nitrogen and oxygen atoms in total. The molecule has 0 saturated carbocycles. The van der Waals surface area contributed by atoms with E-state index in [-0.39, 0.29) is 5.92 Å². The molecule has 0 saturated heterocycles. The predicted octanol–water partition coefficient (Wildman–Crippen LogP) is 6.36. The number of nitrogens with one attached hydrogen (secondary N) is 1. The van der Waals surface area contributed by atoms with Crippen LogP contribution in [0.25, 0.3) is 10.8 Å². The average Bonchev–Trinajstić information content (AvgIpc) is 3.16. The molecule has 1 unspecified atom stereocenters. The molecule has 4 aromatic rings. The maximum absolute atomic E-state index is 5.30. The lowest BCUT2D eigenvalue weighted by atomic mass is 9.98. The lowest BCUT2D eigenvalue weighted by molar-refractivity contribution is 0.415. The summed E-state index contributed by atoms with van der Waals surface area (Å²) in [7, 11) is 1.69. The van der Waals surface area contributed by atoms with Crippen LogP contribution in [0.15, 0.2) is 65.1 Å². The number of anilines is 2. The molecule has 136 valence electrons. The van der Waals surface area contributed by atoms with Crippen LogP contribution in [0.1, 0.15) is 23.4 Å². The van der Waals surface area contributed by atoms with Gasteiger partial charge in [0.15, 0.2) is 0 Å². The summed E-state index contributed by atoms with van der Waals surface area (Å²) < 4.78 is 6.35. The van der Waals surface area contributed by atoms with Crippen molar-refractivity contribution in [3.8, 4) is 5.75 Å². The zero-order chi connectivity index (χ0) is 18.8. The van der Waals surface area contributed by atoms with E-state index >= 15 is 0 Å². The summed E-state index contributed by atoms with van der Waals surface area (Å²) in [4.78, 5) is 0. The Morgan fingerprint density at radius 2 is 1.70 bits per heavy atom. The van der Waals surface area contributed by atoms with Crippen LogP contribution in [-0.4, -0.2) is 17.3 Å². The van der Waals surface area contributed by atoms with Gasteiger partial charge in [0.05, 0.1) is 7.11 Å². The first kappa shape index (κ1) is 17.9. The van der Waals surface area contributed by atoms with Crippen molar-refractivity contribution in [1.29, 1.82) is 0 Å². The molecule has 0 fully saturated rings. The highest BCUT2D eigenvalue weighted by atomic mass is 79.9. The van der Waals surface area contributed by atoms with Crippen LogP contribution in [0.5, 0.6) is 5.75 Å². The second-order valence-corrected chi connectivity index (χ2v) is 8.20. The van der Waals surface area contributed by atoms with Gasteiger partial charge in [0, 0.05) is 16.1 Å². The third-order valence-corrected chi connectivity index (χ3v) is 6.03. The van der Waals surface area contributed by atoms with E-state index in [1.54, 1.807) is 18.4 Å². The monoisotopic (exact) mass is 439 g/mol. The van der Waals surface area contributed by atoms with E-state index < -0.39 is 0 Å². The Labute approximate surface area is 170 Å². The maximum Gasteiger partial charge on any atom is 0.210 e. The number of rotatable bonds is 5. The average molecular weight is 440 g/mol. The van der Waals surface area contributed by atoms with Gasteiger partial charge in [-0.25, -0.2) is 0 Å². The number of methoxy groups -OCH3 is 1. The predicted molar refractivity (Wildman–Crippen MR) is 115 cm³/mol. The summed E-state index contributed by atoms with van der Waals surface area (Å²) in [6.45, 7) is 2.16. The van der Waals surface area contributed by atoms with Crippen LogP contribution >= 0.6 is 27.3 Å². The minimum atomic E-state index is 0.175. The van der Waals surface area contributed by atoms with Gasteiger partial charge in [-0.3, -0.25) is 0 Å². The van der Waals surface area contributed by atoms with Gasteiger partial charge in [0.25, 0.3) is 0 Å². The Morgan fingerprint density at radius 1 is 0.963 bits per heavy atom. The van der Waals surface area contributed by atoms with Gasteiger partial charge in [-0.05, 0) is 52.7 Å². The van der Waals surface area contributed by atoms with Gasteiger partial charge < -0.3 is 10.1 Å². The first-order valence-corrected chi connectivity index (χ1v) is 10.2. The van der Waals surface area contributed by atoms with Crippen molar-refractivity contribution in [3.63, 3.8) is 0 Å². The largest absolute Gasteiger partial charge is 0.497 e. The summed E-state index contributed by atoms with van der Waals surface area (Å²) in [6.07, 6.45) is 0. The number of halogens is 1. The lowest BCUT2D eigenvalue weighted by Gasteiger charge is -2.10. The van der Waals surface area contributed by atoms with E-state index in [1.165, 1.54) is 16.3 Å². The fourth-order valence-corrected chi connectivity index (χ4v) is 4.01. The van der Waals surface area contributed by atoms with Crippen molar-refractivity contribution >= 4 is 48.9 Å². The van der Waals surface area contributed by atoms with Crippen molar-refractivity contribution in [1.82, 2.24) is 10.2 Å². The standard InChI is InChI=1S/C21H18BrN3OS/c1-13(14-3-4-16-12-19(26-2)10-5-15(16)11-14)20-24-25-21(27-20)23-18-8-6-17(22)7-9-18/h3-13H,1-2H3,(H,23,25). The van der Waals surface area contributed by atoms with Crippen molar-refractivity contribution in [2.75, 3.05) is 12.4 Å². The zero-order valence-corrected chi connectivity index (χ0v) is 17.3. The fraction of sp³-hybridized carbons (Fsp3) is 0.143. The molecule has 4 rings (SSSR count). The van der Waals surface area contributed by atoms with Crippen molar-refractivity contribution in [2.45, 2.75) is 12.8 Å². The number of hydrogen-bond donors (Lipinski definition) is 1. The zero-order valence-electron chi connectivity index (χ0n) is 14.9. The molecular weight excluding hydrogens is 422 g/mol. The van der Waals surface area contributed by atoms with Gasteiger partial charge in [0.1, 0.15) is 10.8 Å². The topological polar surface area (TPSA) is 47.0 Å². The smallest absolute Gasteiger partial charge is 0.210 e. The highest BCUT2D eigenvalue weighted by Gasteiger charge is 2.15. The van der Waals surface area contributed by atoms with Gasteiger partial charge >= 0.3 is 0 Å². The van der Waals surface area contributed by atoms with Crippen LogP contribution < -0.4 is 10.1 Å². The molecule has 0 aliphatic rings. The van der Waals surface area contributed by atoms with E-state index in [0.717, 1.165) is 26.0 Å². The molecule has 1 atom stereocenters. The van der Waals surface area contributed by atoms with E-state index in [9.17, 15) is 0 Å². The molecule has 0 radical (unpaired) electrons. The second kappa shape index (κ2) is 7.66. The van der Waals surface area contributed by atoms with Crippen LogP contribution in [0.4, 0.5) is 10.8 Å². The Morgan fingerprint density at radius 3 is 2.48 bits per heavy atom. The molecule has 0 spiro atoms. The number of fused-ring (bicyclic) bond motifs is 1. The van der Waals surface area contributed by atoms with Gasteiger partial charge in [-0.15, -0.1) is 10.2 Å². The summed E-state index contributed by atoms with van der Waals surface area (Å²) in [5.41, 5.74) is 2.22. The normalized spacial score (nSPS) is 12.1. The number of aromatic nitrogens is 2. The molecule has 0 aliphatic heterocycles. The quantitative estimate of drug-likeness (QED) is 0.392. The first-order valence-electron chi connectivity index (χ1n) is 8.56. The lowest BCUT2D eigenvalue weighted by Crippen LogP contribution is -1.95. The molecule has 0 bridgehead atoms. The van der Waals surface area contributed by atoms with Crippen LogP contribution in [0.3, 0.4) is 0 Å². The van der Waals surface area contributed by atoms with E-state index in [1.807, 2.05) is 30.3 Å². The highest BCUT2D eigenvalue weighted by Crippen LogP contribution is 2.32. The summed E-state index contributed by atoms with van der Waals surface area (Å²) in [5.74, 6) is 1.05. The third kappa shape index (κ3) is 3.96. The Balaban J connectivity index is 1.55. The highest BCUT2D eigenvalue weighted by molar-refractivity contribution is 9.10. The van der Waals surface area contributed by atoms with Crippen molar-refractivity contribution in [2.24, 2.45) is 0 Å². The second-order valence-electron chi connectivity index (χ2n) is 6.27. The maximum atomic E-state index is 5.30. The Kier molecular flexibility index (Phi) is 5.09. The third-order valence-electron chi connectivity index (χ3n) is 4.48. The van der Waals surface area contributed by atoms with Gasteiger partial charge in [0.2, 0.25) is 5.13 Å². The molecule has 1 heterocycles. The van der Waals surface area contributed by atoms with Crippen molar-refractivity contribution in [3.05, 3.63) is 75.7 Å². The molecule has 3 aromatic carbocycles. The molecule has 1 N–H and O–H groups in total. The van der Waals surface area contributed by atoms with Gasteiger partial charge in [-0.2, -0.15) is 0 Å². The molecule has 1 aromatic heterocycles. The fourth-order valence-electron chi connectivity index (χ4n) is 2.90. The van der Waals surface area contributed by atoms with Crippen molar-refractivity contribution < 1.29 is 4.74 Å². The molecule has 0 aliphatic carbocycles. The Hall–Kier alpha value is -2.44. The minimum Gasteiger partial charge on any atom is -0.497 e. The van der Waals surface area contributed by atoms with Gasteiger partial charge in [-0.1, -0.05) is 58.5 Å². The minimum absolute atomic E-state index is 0.175. The number of ether oxygens (including phenoxy) is 1. The summed E-state index contributed by atoms with van der Waals surface area (Å²) in [5, 5.41) is 16.1. The number of hydrogen-bond acceptors (Lipinski definition) is 5. The van der Waals surface area contributed by atoms with E-state index in [2.05, 4.69) is 68.7 Å². The Bertz CT molecular complexity index is 1080.